The highest BCUT2D eigenvalue weighted by atomic mass is 28.3. The maximum atomic E-state index is 14.4. The third kappa shape index (κ3) is 22.7. The topological polar surface area (TPSA) is 335 Å². The zero-order valence-corrected chi connectivity index (χ0v) is 59.5. The lowest BCUT2D eigenvalue weighted by molar-refractivity contribution is -0.143. The molecule has 3 aliphatic rings. The highest BCUT2D eigenvalue weighted by Gasteiger charge is 2.48. The number of hydrogen-bond donors (Lipinski definition) is 5. The molecule has 0 unspecified atom stereocenters. The molecule has 0 bridgehead atoms. The van der Waals surface area contributed by atoms with Gasteiger partial charge in [-0.15, -0.1) is 5.10 Å². The Bertz CT molecular complexity index is 3690. The first kappa shape index (κ1) is 74.2. The van der Waals surface area contributed by atoms with Gasteiger partial charge in [0.05, 0.1) is 64.0 Å². The van der Waals surface area contributed by atoms with Gasteiger partial charge < -0.3 is 65.2 Å². The standard InChI is InChI=1S/C70H97N15O13Si/c1-46-62(47(2)85(79-46)45-96-35-36-99(7,8)9)48-19-22-52(23-20-48)75-67(90)64(63(49-15-16-49)50-17-18-50)77-66(89)58-26-29-74-84(58)31-12-30-81(42-59(71)86)61(87)43-83-39-53(78-80-83)44-95-34-33-94-32-11-28-72-69(92)82-40-56(41-82)97-54-13-10-14-55(37-54)98-60-24-21-51(38-73-60)65(88)76-57(68(91)93-6)25-27-70(3,4)5/h10,13-14,19-24,26,29,37-39,49-50,56-57,63-64H,11-12,15-18,25,27-28,30-36,40-45H2,1-9H3,(H2,71,86)(H,72,92)(H,75,90)(H,76,88)(H,77,89)/t57-,64-/m0/s1. The summed E-state index contributed by atoms with van der Waals surface area (Å²) >= 11 is 0. The minimum absolute atomic E-state index is 0.00983. The second kappa shape index (κ2) is 34.6. The fraction of sp³-hybridized carbons (Fsp3) is 0.543. The zero-order chi connectivity index (χ0) is 70.8. The van der Waals surface area contributed by atoms with Crippen LogP contribution in [0.2, 0.25) is 25.7 Å². The molecule has 1 aliphatic heterocycles. The van der Waals surface area contributed by atoms with Crippen LogP contribution in [0.1, 0.15) is 110 Å². The third-order valence-electron chi connectivity index (χ3n) is 17.5. The number of amides is 7. The number of methoxy groups -OCH3 is 1. The SMILES string of the molecule is COC(=O)[C@H](CCC(C)(C)C)NC(=O)c1ccc(Oc2cccc(OC3CN(C(=O)NCCCOCCOCc4cn(CC(=O)N(CCCn5nccc5C(=O)N[C@H](C(=O)Nc5ccc(-c6c(C)nn(COCC[Si](C)(C)C)c6C)cc5)C(C5CC5)C5CC5)CC(N)=O)nn4)C3)c2)nc1. The van der Waals surface area contributed by atoms with Gasteiger partial charge in [-0.3, -0.25) is 28.7 Å². The van der Waals surface area contributed by atoms with Crippen molar-refractivity contribution in [1.29, 1.82) is 0 Å². The summed E-state index contributed by atoms with van der Waals surface area (Å²) in [6.45, 7) is 20.3. The molecule has 99 heavy (non-hydrogen) atoms. The van der Waals surface area contributed by atoms with E-state index < -0.39 is 49.8 Å². The Morgan fingerprint density at radius 3 is 2.25 bits per heavy atom. The number of rotatable bonds is 39. The van der Waals surface area contributed by atoms with Gasteiger partial charge in [0.2, 0.25) is 23.6 Å². The van der Waals surface area contributed by atoms with E-state index in [1.54, 1.807) is 53.6 Å². The highest BCUT2D eigenvalue weighted by molar-refractivity contribution is 6.76. The van der Waals surface area contributed by atoms with Crippen LogP contribution < -0.4 is 36.5 Å². The number of carbonyl (C=O) groups is 7. The van der Waals surface area contributed by atoms with Crippen LogP contribution in [-0.4, -0.2) is 183 Å². The number of hydrogen-bond acceptors (Lipinski definition) is 18. The summed E-state index contributed by atoms with van der Waals surface area (Å²) in [6, 6.07) is 18.8. The molecule has 29 heteroatoms. The van der Waals surface area contributed by atoms with Crippen molar-refractivity contribution < 1.29 is 62.0 Å². The number of aryl methyl sites for hydroxylation is 2. The molecule has 2 atom stereocenters. The predicted molar refractivity (Wildman–Crippen MR) is 370 cm³/mol. The molecule has 0 spiro atoms. The molecule has 2 aliphatic carbocycles. The number of ether oxygens (including phenoxy) is 6. The van der Waals surface area contributed by atoms with E-state index in [4.69, 9.17) is 39.3 Å². The molecule has 0 radical (unpaired) electrons. The minimum Gasteiger partial charge on any atom is -0.487 e. The van der Waals surface area contributed by atoms with Crippen LogP contribution in [0.5, 0.6) is 17.4 Å². The molecule has 5 heterocycles. The Kier molecular flexibility index (Phi) is 25.9. The molecule has 1 saturated heterocycles. The number of esters is 1. The molecule has 28 nitrogen and oxygen atoms in total. The molecular formula is C70H97N15O13Si. The van der Waals surface area contributed by atoms with Crippen molar-refractivity contribution in [1.82, 2.24) is 65.3 Å². The Labute approximate surface area is 579 Å². The Hall–Kier alpha value is -9.06. The number of aromatic nitrogens is 8. The number of likely N-dealkylation sites (tertiary alicyclic amines) is 1. The van der Waals surface area contributed by atoms with Gasteiger partial charge in [0.25, 0.3) is 11.8 Å². The molecule has 9 rings (SSSR count). The molecule has 6 aromatic rings. The van der Waals surface area contributed by atoms with Crippen LogP contribution in [0.4, 0.5) is 10.5 Å². The predicted octanol–water partition coefficient (Wildman–Crippen LogP) is 7.53. The molecular weight excluding hydrogens is 1290 g/mol. The monoisotopic (exact) mass is 1380 g/mol. The van der Waals surface area contributed by atoms with E-state index in [9.17, 15) is 33.6 Å². The first-order valence-corrected chi connectivity index (χ1v) is 37.9. The van der Waals surface area contributed by atoms with Gasteiger partial charge in [0, 0.05) is 82.4 Å². The fourth-order valence-corrected chi connectivity index (χ4v) is 12.5. The molecule has 2 aromatic carbocycles. The smallest absolute Gasteiger partial charge is 0.328 e. The summed E-state index contributed by atoms with van der Waals surface area (Å²) in [5.74, 6) is -0.833. The quantitative estimate of drug-likeness (QED) is 0.0141. The minimum atomic E-state index is -1.22. The van der Waals surface area contributed by atoms with Gasteiger partial charge >= 0.3 is 12.0 Å². The van der Waals surface area contributed by atoms with Crippen molar-refractivity contribution >= 4 is 55.3 Å². The second-order valence-corrected chi connectivity index (χ2v) is 33.8. The number of nitrogens with one attached hydrogen (secondary N) is 4. The fourth-order valence-electron chi connectivity index (χ4n) is 11.7. The van der Waals surface area contributed by atoms with E-state index in [2.05, 4.69) is 82.1 Å². The van der Waals surface area contributed by atoms with E-state index in [1.807, 2.05) is 42.8 Å². The Morgan fingerprint density at radius 1 is 0.828 bits per heavy atom. The number of benzene rings is 2. The average Bonchev–Trinajstić information content (AvgIpc) is 1.64. The number of anilines is 1. The van der Waals surface area contributed by atoms with Gasteiger partial charge in [-0.2, -0.15) is 10.2 Å². The lowest BCUT2D eigenvalue weighted by Crippen LogP contribution is -2.59. The van der Waals surface area contributed by atoms with Crippen LogP contribution >= 0.6 is 0 Å². The lowest BCUT2D eigenvalue weighted by atomic mass is 9.88. The van der Waals surface area contributed by atoms with E-state index in [1.165, 1.54) is 33.8 Å². The van der Waals surface area contributed by atoms with E-state index in [-0.39, 0.29) is 85.9 Å². The van der Waals surface area contributed by atoms with Crippen LogP contribution in [0, 0.1) is 37.0 Å². The summed E-state index contributed by atoms with van der Waals surface area (Å²) < 4.78 is 39.2. The van der Waals surface area contributed by atoms with Crippen molar-refractivity contribution in [2.75, 3.05) is 71.6 Å². The molecule has 6 N–H and O–H groups in total. The summed E-state index contributed by atoms with van der Waals surface area (Å²) in [5.41, 5.74) is 11.1. The van der Waals surface area contributed by atoms with Gasteiger partial charge in [-0.1, -0.05) is 63.8 Å². The number of urea groups is 1. The number of nitrogens with two attached hydrogens (primary N) is 1. The van der Waals surface area contributed by atoms with Crippen molar-refractivity contribution in [3.8, 4) is 28.5 Å². The number of nitrogens with zero attached hydrogens (tertiary/aromatic N) is 10. The normalized spacial score (nSPS) is 14.6. The Balaban J connectivity index is 0.641. The maximum absolute atomic E-state index is 14.4. The molecule has 3 fully saturated rings. The summed E-state index contributed by atoms with van der Waals surface area (Å²) in [5, 5.41) is 29.3. The largest absolute Gasteiger partial charge is 0.487 e. The van der Waals surface area contributed by atoms with E-state index in [0.29, 0.717) is 107 Å². The summed E-state index contributed by atoms with van der Waals surface area (Å²) in [7, 11) is 0.0732. The van der Waals surface area contributed by atoms with Crippen LogP contribution in [0.3, 0.4) is 0 Å². The average molecular weight is 1380 g/mol. The van der Waals surface area contributed by atoms with Gasteiger partial charge in [-0.25, -0.2) is 23.9 Å². The highest BCUT2D eigenvalue weighted by Crippen LogP contribution is 2.51. The third-order valence-corrected chi connectivity index (χ3v) is 19.2. The summed E-state index contributed by atoms with van der Waals surface area (Å²) in [6.07, 6.45) is 10.3. The molecule has 7 amide bonds. The van der Waals surface area contributed by atoms with Crippen molar-refractivity contribution in [2.24, 2.45) is 28.9 Å². The van der Waals surface area contributed by atoms with Crippen molar-refractivity contribution in [2.45, 2.75) is 156 Å². The zero-order valence-electron chi connectivity index (χ0n) is 58.5. The van der Waals surface area contributed by atoms with E-state index >= 15 is 0 Å². The van der Waals surface area contributed by atoms with Crippen LogP contribution in [-0.2, 0) is 64.6 Å². The lowest BCUT2D eigenvalue weighted by Gasteiger charge is -2.38. The summed E-state index contributed by atoms with van der Waals surface area (Å²) in [4.78, 5) is 99.7. The molecule has 4 aromatic heterocycles. The van der Waals surface area contributed by atoms with Crippen molar-refractivity contribution in [3.05, 3.63) is 114 Å². The maximum Gasteiger partial charge on any atom is 0.328 e. The molecule has 2 saturated carbocycles. The van der Waals surface area contributed by atoms with Gasteiger partial charge in [0.15, 0.2) is 0 Å². The Morgan fingerprint density at radius 2 is 1.57 bits per heavy atom. The first-order chi connectivity index (χ1) is 47.4. The van der Waals surface area contributed by atoms with Gasteiger partial charge in [0.1, 0.15) is 54.4 Å². The van der Waals surface area contributed by atoms with E-state index in [0.717, 1.165) is 54.2 Å². The molecule has 534 valence electrons. The van der Waals surface area contributed by atoms with Crippen LogP contribution in [0.25, 0.3) is 11.1 Å². The van der Waals surface area contributed by atoms with Crippen molar-refractivity contribution in [3.63, 3.8) is 0 Å². The number of pyridine rings is 1. The second-order valence-electron chi connectivity index (χ2n) is 28.2. The first-order valence-electron chi connectivity index (χ1n) is 34.2. The van der Waals surface area contributed by atoms with Gasteiger partial charge in [-0.05, 0) is 136 Å². The number of primary amides is 1. The van der Waals surface area contributed by atoms with Crippen LogP contribution in [0.15, 0.2) is 85.3 Å². The number of carbonyl (C=O) groups excluding carboxylic acids is 7.